The Kier molecular flexibility index (Phi) is 8.56. The van der Waals surface area contributed by atoms with Crippen molar-refractivity contribution in [1.29, 1.82) is 0 Å². The van der Waals surface area contributed by atoms with Crippen LogP contribution >= 0.6 is 0 Å². The van der Waals surface area contributed by atoms with Crippen molar-refractivity contribution in [3.8, 4) is 0 Å². The van der Waals surface area contributed by atoms with Gasteiger partial charge in [0.05, 0.1) is 12.8 Å². The molecule has 0 atom stereocenters. The van der Waals surface area contributed by atoms with Crippen LogP contribution in [0.4, 0.5) is 0 Å². The largest absolute Gasteiger partial charge is 0.481 e. The van der Waals surface area contributed by atoms with E-state index in [0.717, 1.165) is 0 Å². The van der Waals surface area contributed by atoms with Crippen molar-refractivity contribution in [1.82, 2.24) is 0 Å². The van der Waals surface area contributed by atoms with Crippen molar-refractivity contribution in [3.63, 3.8) is 0 Å². The van der Waals surface area contributed by atoms with Gasteiger partial charge in [-0.1, -0.05) is 0 Å². The van der Waals surface area contributed by atoms with Crippen LogP contribution in [0, 0.1) is 9.93 Å². The van der Waals surface area contributed by atoms with E-state index in [1.165, 1.54) is 0 Å². The molecule has 0 aliphatic carbocycles. The van der Waals surface area contributed by atoms with E-state index in [2.05, 4.69) is 0 Å². The SMILES string of the molecule is O=C(O)CCC(=O)O.O=O. The lowest BCUT2D eigenvalue weighted by Gasteiger charge is -1.85. The van der Waals surface area contributed by atoms with Crippen LogP contribution in [0.15, 0.2) is 0 Å². The van der Waals surface area contributed by atoms with Crippen molar-refractivity contribution in [2.45, 2.75) is 12.8 Å². The van der Waals surface area contributed by atoms with Crippen LogP contribution in [0.25, 0.3) is 0 Å². The predicted molar refractivity (Wildman–Crippen MR) is 31.2 cm³/mol. The minimum atomic E-state index is -1.08. The average molecular weight is 150 g/mol. The van der Waals surface area contributed by atoms with E-state index in [1.807, 2.05) is 0 Å². The Morgan fingerprint density at radius 3 is 1.20 bits per heavy atom. The maximum atomic E-state index is 9.64. The molecule has 0 aromatic rings. The summed E-state index contributed by atoms with van der Waals surface area (Å²) in [5.74, 6) is -2.15. The summed E-state index contributed by atoms with van der Waals surface area (Å²) in [6.45, 7) is 0. The highest BCUT2D eigenvalue weighted by molar-refractivity contribution is 5.75. The van der Waals surface area contributed by atoms with Crippen molar-refractivity contribution in [3.05, 3.63) is 9.93 Å². The first kappa shape index (κ1) is 11.4. The number of aliphatic carboxylic acids is 2. The van der Waals surface area contributed by atoms with Crippen molar-refractivity contribution >= 4 is 11.9 Å². The van der Waals surface area contributed by atoms with Crippen LogP contribution in [0.5, 0.6) is 0 Å². The number of rotatable bonds is 3. The zero-order chi connectivity index (χ0) is 8.57. The molecule has 0 aromatic carbocycles. The summed E-state index contributed by atoms with van der Waals surface area (Å²) in [6.07, 6.45) is -0.593. The Labute approximate surface area is 55.7 Å². The summed E-state index contributed by atoms with van der Waals surface area (Å²) in [5.41, 5.74) is 0. The lowest BCUT2D eigenvalue weighted by molar-refractivity contribution is -0.143. The average Bonchev–Trinajstić information content (AvgIpc) is 1.89. The van der Waals surface area contributed by atoms with Gasteiger partial charge in [0.1, 0.15) is 0 Å². The van der Waals surface area contributed by atoms with E-state index in [0.29, 0.717) is 0 Å². The maximum absolute atomic E-state index is 9.64. The second kappa shape index (κ2) is 7.54. The smallest absolute Gasteiger partial charge is 0.303 e. The highest BCUT2D eigenvalue weighted by atomic mass is 16.7. The Morgan fingerprint density at radius 1 is 0.900 bits per heavy atom. The molecule has 0 rings (SSSR count). The predicted octanol–water partition coefficient (Wildman–Crippen LogP) is 0.00280. The molecule has 0 unspecified atom stereocenters. The molecular weight excluding hydrogens is 144 g/mol. The van der Waals surface area contributed by atoms with Crippen LogP contribution in [0.1, 0.15) is 12.8 Å². The molecule has 6 nitrogen and oxygen atoms in total. The van der Waals surface area contributed by atoms with Gasteiger partial charge in [0, 0.05) is 9.93 Å². The first-order valence-corrected chi connectivity index (χ1v) is 2.23. The van der Waals surface area contributed by atoms with E-state index < -0.39 is 11.9 Å². The molecule has 0 heterocycles. The van der Waals surface area contributed by atoms with Gasteiger partial charge in [-0.15, -0.1) is 0 Å². The summed E-state index contributed by atoms with van der Waals surface area (Å²) < 4.78 is 0. The molecule has 0 fully saturated rings. The molecule has 0 saturated carbocycles. The first-order chi connectivity index (χ1) is 4.63. The number of carboxylic acid groups (broad SMARTS) is 2. The molecule has 0 radical (unpaired) electrons. The van der Waals surface area contributed by atoms with E-state index in [1.54, 1.807) is 0 Å². The summed E-state index contributed by atoms with van der Waals surface area (Å²) in [6, 6.07) is 0. The molecule has 0 saturated heterocycles. The van der Waals surface area contributed by atoms with Crippen molar-refractivity contribution in [2.24, 2.45) is 0 Å². The molecule has 0 amide bonds. The van der Waals surface area contributed by atoms with Gasteiger partial charge in [0.15, 0.2) is 0 Å². The van der Waals surface area contributed by atoms with Gasteiger partial charge in [-0.05, 0) is 0 Å². The third kappa shape index (κ3) is 16.0. The van der Waals surface area contributed by atoms with Gasteiger partial charge < -0.3 is 10.2 Å². The Bertz CT molecular complexity index is 105. The zero-order valence-corrected chi connectivity index (χ0v) is 4.94. The normalized spacial score (nSPS) is 7.20. The minimum absolute atomic E-state index is 0.296. The molecule has 58 valence electrons. The molecule has 2 N–H and O–H groups in total. The molecule has 6 heteroatoms. The topological polar surface area (TPSA) is 109 Å². The van der Waals surface area contributed by atoms with Crippen molar-refractivity contribution in [2.75, 3.05) is 0 Å². The zero-order valence-electron chi connectivity index (χ0n) is 4.94. The molecule has 10 heavy (non-hydrogen) atoms. The van der Waals surface area contributed by atoms with Gasteiger partial charge in [-0.2, -0.15) is 0 Å². The third-order valence-corrected chi connectivity index (χ3v) is 0.553. The van der Waals surface area contributed by atoms with Crippen LogP contribution < -0.4 is 0 Å². The summed E-state index contributed by atoms with van der Waals surface area (Å²) >= 11 is 0. The maximum Gasteiger partial charge on any atom is 0.303 e. The molecule has 0 bridgehead atoms. The first-order valence-electron chi connectivity index (χ1n) is 2.23. The van der Waals surface area contributed by atoms with Gasteiger partial charge >= 0.3 is 11.9 Å². The summed E-state index contributed by atoms with van der Waals surface area (Å²) in [5, 5.41) is 15.8. The van der Waals surface area contributed by atoms with Gasteiger partial charge in [0.25, 0.3) is 0 Å². The number of carboxylic acids is 2. The highest BCUT2D eigenvalue weighted by Gasteiger charge is 2.00. The number of hydrogen-bond donors (Lipinski definition) is 2. The monoisotopic (exact) mass is 150 g/mol. The van der Waals surface area contributed by atoms with Crippen molar-refractivity contribution < 1.29 is 19.8 Å². The Hall–Kier alpha value is -1.46. The molecular formula is C4H6O6. The third-order valence-electron chi connectivity index (χ3n) is 0.553. The summed E-state index contributed by atoms with van der Waals surface area (Å²) in [7, 11) is 0. The van der Waals surface area contributed by atoms with E-state index in [-0.39, 0.29) is 12.8 Å². The molecule has 0 spiro atoms. The highest BCUT2D eigenvalue weighted by Crippen LogP contribution is 1.85. The number of hydrogen-bond acceptors (Lipinski definition) is 4. The van der Waals surface area contributed by atoms with E-state index in [4.69, 9.17) is 20.1 Å². The fourth-order valence-electron chi connectivity index (χ4n) is 0.214. The van der Waals surface area contributed by atoms with Gasteiger partial charge in [0.2, 0.25) is 0 Å². The second-order valence-corrected chi connectivity index (χ2v) is 1.29. The Morgan fingerprint density at radius 2 is 1.10 bits per heavy atom. The van der Waals surface area contributed by atoms with Crippen LogP contribution in [0.3, 0.4) is 0 Å². The van der Waals surface area contributed by atoms with Crippen LogP contribution in [-0.4, -0.2) is 22.2 Å². The second-order valence-electron chi connectivity index (χ2n) is 1.29. The van der Waals surface area contributed by atoms with Crippen LogP contribution in [0.2, 0.25) is 0 Å². The van der Waals surface area contributed by atoms with E-state index >= 15 is 0 Å². The summed E-state index contributed by atoms with van der Waals surface area (Å²) in [4.78, 5) is 33.3. The minimum Gasteiger partial charge on any atom is -0.481 e. The lowest BCUT2D eigenvalue weighted by Crippen LogP contribution is -2.00. The fourth-order valence-corrected chi connectivity index (χ4v) is 0.214. The molecule has 0 aliphatic rings. The molecule has 0 aromatic heterocycles. The van der Waals surface area contributed by atoms with Gasteiger partial charge in [-0.25, -0.2) is 0 Å². The quantitative estimate of drug-likeness (QED) is 0.586. The number of carbonyl (C=O) groups is 2. The van der Waals surface area contributed by atoms with E-state index in [9.17, 15) is 9.59 Å². The Balaban J connectivity index is 0. The van der Waals surface area contributed by atoms with Crippen LogP contribution in [-0.2, 0) is 9.59 Å². The molecule has 0 aliphatic heterocycles. The van der Waals surface area contributed by atoms with Gasteiger partial charge in [-0.3, -0.25) is 9.59 Å². The fraction of sp³-hybridized carbons (Fsp3) is 0.500. The lowest BCUT2D eigenvalue weighted by atomic mass is 10.3. The standard InChI is InChI=1S/C4H6O4.O2/c5-3(6)1-2-4(7)8;1-2/h1-2H2,(H,5,6)(H,7,8);.